The van der Waals surface area contributed by atoms with Crippen molar-refractivity contribution < 1.29 is 14.6 Å². The van der Waals surface area contributed by atoms with Gasteiger partial charge in [-0.05, 0) is 66.5 Å². The fourth-order valence-corrected chi connectivity index (χ4v) is 4.68. The predicted molar refractivity (Wildman–Crippen MR) is 106 cm³/mol. The van der Waals surface area contributed by atoms with E-state index in [1.807, 2.05) is 12.1 Å². The van der Waals surface area contributed by atoms with Crippen LogP contribution in [-0.4, -0.2) is 23.4 Å². The van der Waals surface area contributed by atoms with Gasteiger partial charge in [-0.15, -0.1) is 0 Å². The molecule has 2 aromatic rings. The molecule has 1 saturated heterocycles. The molecule has 0 radical (unpaired) electrons. The van der Waals surface area contributed by atoms with Gasteiger partial charge < -0.3 is 14.6 Å². The Kier molecular flexibility index (Phi) is 4.42. The van der Waals surface area contributed by atoms with Crippen molar-refractivity contribution in [2.24, 2.45) is 0 Å². The van der Waals surface area contributed by atoms with Gasteiger partial charge in [0.05, 0.1) is 24.4 Å². The minimum Gasteiger partial charge on any atom is -0.493 e. The van der Waals surface area contributed by atoms with Crippen LogP contribution < -0.4 is 4.74 Å². The normalized spacial score (nSPS) is 25.7. The first-order chi connectivity index (χ1) is 13.1. The molecule has 27 heavy (non-hydrogen) atoms. The number of ether oxygens (including phenoxy) is 2. The van der Waals surface area contributed by atoms with Crippen molar-refractivity contribution in [2.45, 2.75) is 62.8 Å². The van der Waals surface area contributed by atoms with E-state index in [0.29, 0.717) is 6.42 Å². The highest BCUT2D eigenvalue weighted by molar-refractivity contribution is 6.31. The van der Waals surface area contributed by atoms with Crippen LogP contribution in [0.25, 0.3) is 0 Å². The van der Waals surface area contributed by atoms with Crippen LogP contribution in [0.1, 0.15) is 60.5 Å². The summed E-state index contributed by atoms with van der Waals surface area (Å²) in [4.78, 5) is 0. The lowest BCUT2D eigenvalue weighted by molar-refractivity contribution is -0.113. The Morgan fingerprint density at radius 1 is 1.15 bits per heavy atom. The second kappa shape index (κ2) is 6.80. The lowest BCUT2D eigenvalue weighted by Gasteiger charge is -2.34. The summed E-state index contributed by atoms with van der Waals surface area (Å²) in [7, 11) is 0. The smallest absolute Gasteiger partial charge is 0.122 e. The van der Waals surface area contributed by atoms with Crippen molar-refractivity contribution in [3.05, 3.63) is 63.7 Å². The molecule has 2 heterocycles. The molecule has 142 valence electrons. The summed E-state index contributed by atoms with van der Waals surface area (Å²) in [5.41, 5.74) is 4.71. The number of fused-ring (bicyclic) bond motifs is 1. The Bertz CT molecular complexity index is 859. The molecule has 0 aromatic heterocycles. The lowest BCUT2D eigenvalue weighted by atomic mass is 9.92. The Hall–Kier alpha value is -1.55. The first kappa shape index (κ1) is 17.5. The minimum atomic E-state index is -0.272. The van der Waals surface area contributed by atoms with Gasteiger partial charge in [-0.25, -0.2) is 0 Å². The standard InChI is InChI=1S/C23H25ClO3/c24-20-5-4-17(22-13-19(25)14-23(27-22)7-8-23)12-18(20)11-15-3-6-21-16(10-15)2-1-9-26-21/h3-6,10,12,19,22,25H,1-2,7-9,11,13-14H2. The Morgan fingerprint density at radius 3 is 2.89 bits per heavy atom. The lowest BCUT2D eigenvalue weighted by Crippen LogP contribution is -2.32. The first-order valence-electron chi connectivity index (χ1n) is 9.99. The summed E-state index contributed by atoms with van der Waals surface area (Å²) in [6, 6.07) is 12.6. The second-order valence-corrected chi connectivity index (χ2v) is 8.71. The number of hydrogen-bond acceptors (Lipinski definition) is 3. The highest BCUT2D eigenvalue weighted by Crippen LogP contribution is 2.51. The van der Waals surface area contributed by atoms with E-state index in [1.165, 1.54) is 11.1 Å². The molecule has 5 rings (SSSR count). The largest absolute Gasteiger partial charge is 0.493 e. The van der Waals surface area contributed by atoms with Crippen molar-refractivity contribution in [3.8, 4) is 5.75 Å². The van der Waals surface area contributed by atoms with Gasteiger partial charge in [-0.3, -0.25) is 0 Å². The number of aryl methyl sites for hydroxylation is 1. The average molecular weight is 385 g/mol. The van der Waals surface area contributed by atoms with E-state index in [4.69, 9.17) is 21.1 Å². The second-order valence-electron chi connectivity index (χ2n) is 8.30. The number of benzene rings is 2. The summed E-state index contributed by atoms with van der Waals surface area (Å²) in [6.07, 6.45) is 6.22. The molecule has 2 atom stereocenters. The van der Waals surface area contributed by atoms with Crippen molar-refractivity contribution in [2.75, 3.05) is 6.61 Å². The van der Waals surface area contributed by atoms with Gasteiger partial charge in [0.25, 0.3) is 0 Å². The molecule has 1 saturated carbocycles. The summed E-state index contributed by atoms with van der Waals surface area (Å²) >= 11 is 6.51. The number of aliphatic hydroxyl groups is 1. The van der Waals surface area contributed by atoms with E-state index in [-0.39, 0.29) is 17.8 Å². The van der Waals surface area contributed by atoms with E-state index in [1.54, 1.807) is 0 Å². The molecule has 2 fully saturated rings. The van der Waals surface area contributed by atoms with Crippen LogP contribution in [0.3, 0.4) is 0 Å². The molecule has 3 nitrogen and oxygen atoms in total. The first-order valence-corrected chi connectivity index (χ1v) is 10.4. The molecular formula is C23H25ClO3. The Balaban J connectivity index is 1.39. The summed E-state index contributed by atoms with van der Waals surface area (Å²) < 4.78 is 12.1. The van der Waals surface area contributed by atoms with Crippen molar-refractivity contribution in [1.29, 1.82) is 0 Å². The maximum absolute atomic E-state index is 10.3. The average Bonchev–Trinajstić information content (AvgIpc) is 3.40. The van der Waals surface area contributed by atoms with E-state index in [9.17, 15) is 5.11 Å². The monoisotopic (exact) mass is 384 g/mol. The van der Waals surface area contributed by atoms with Crippen molar-refractivity contribution in [3.63, 3.8) is 0 Å². The molecular weight excluding hydrogens is 360 g/mol. The zero-order valence-electron chi connectivity index (χ0n) is 15.4. The molecule has 2 unspecified atom stereocenters. The maximum Gasteiger partial charge on any atom is 0.122 e. The van der Waals surface area contributed by atoms with Crippen LogP contribution in [0, 0.1) is 0 Å². The Morgan fingerprint density at radius 2 is 2.04 bits per heavy atom. The molecule has 1 N–H and O–H groups in total. The molecule has 1 spiro atoms. The van der Waals surface area contributed by atoms with Gasteiger partial charge in [-0.2, -0.15) is 0 Å². The minimum absolute atomic E-state index is 0.0378. The highest BCUT2D eigenvalue weighted by Gasteiger charge is 2.50. The zero-order chi connectivity index (χ0) is 18.4. The van der Waals surface area contributed by atoms with E-state index in [2.05, 4.69) is 24.3 Å². The van der Waals surface area contributed by atoms with Crippen molar-refractivity contribution >= 4 is 11.6 Å². The topological polar surface area (TPSA) is 38.7 Å². The third-order valence-electron chi connectivity index (χ3n) is 6.10. The quantitative estimate of drug-likeness (QED) is 0.809. The summed E-state index contributed by atoms with van der Waals surface area (Å²) in [6.45, 7) is 0.814. The van der Waals surface area contributed by atoms with Crippen LogP contribution in [0.15, 0.2) is 36.4 Å². The molecule has 2 aromatic carbocycles. The number of aliphatic hydroxyl groups excluding tert-OH is 1. The van der Waals surface area contributed by atoms with Crippen molar-refractivity contribution in [1.82, 2.24) is 0 Å². The Labute approximate surface area is 165 Å². The summed E-state index contributed by atoms with van der Waals surface area (Å²) in [5.74, 6) is 1.02. The predicted octanol–water partition coefficient (Wildman–Crippen LogP) is 5.00. The van der Waals surface area contributed by atoms with Gasteiger partial charge in [0.15, 0.2) is 0 Å². The molecule has 0 bridgehead atoms. The highest BCUT2D eigenvalue weighted by atomic mass is 35.5. The SMILES string of the molecule is OC1CC(c2ccc(Cl)c(Cc3ccc4c(c3)CCCO4)c2)OC2(CC2)C1. The van der Waals surface area contributed by atoms with Gasteiger partial charge in [-0.1, -0.05) is 35.9 Å². The van der Waals surface area contributed by atoms with Gasteiger partial charge in [0.2, 0.25) is 0 Å². The third-order valence-corrected chi connectivity index (χ3v) is 6.47. The van der Waals surface area contributed by atoms with Crippen LogP contribution >= 0.6 is 11.6 Å². The summed E-state index contributed by atoms with van der Waals surface area (Å²) in [5, 5.41) is 11.1. The number of halogens is 1. The maximum atomic E-state index is 10.3. The third kappa shape index (κ3) is 3.61. The van der Waals surface area contributed by atoms with E-state index in [0.717, 1.165) is 67.0 Å². The van der Waals surface area contributed by atoms with E-state index >= 15 is 0 Å². The van der Waals surface area contributed by atoms with Crippen LogP contribution in [0.4, 0.5) is 0 Å². The van der Waals surface area contributed by atoms with Crippen LogP contribution in [0.5, 0.6) is 5.75 Å². The van der Waals surface area contributed by atoms with Crippen LogP contribution in [0.2, 0.25) is 5.02 Å². The van der Waals surface area contributed by atoms with E-state index < -0.39 is 0 Å². The molecule has 3 aliphatic rings. The molecule has 1 aliphatic carbocycles. The number of rotatable bonds is 3. The van der Waals surface area contributed by atoms with Gasteiger partial charge >= 0.3 is 0 Å². The van der Waals surface area contributed by atoms with Crippen LogP contribution in [-0.2, 0) is 17.6 Å². The van der Waals surface area contributed by atoms with Gasteiger partial charge in [0, 0.05) is 17.9 Å². The molecule has 4 heteroatoms. The fourth-order valence-electron chi connectivity index (χ4n) is 4.50. The molecule has 0 amide bonds. The fraction of sp³-hybridized carbons (Fsp3) is 0.478. The zero-order valence-corrected chi connectivity index (χ0v) is 16.2. The van der Waals surface area contributed by atoms with Gasteiger partial charge in [0.1, 0.15) is 5.75 Å². The number of hydrogen-bond donors (Lipinski definition) is 1. The molecule has 2 aliphatic heterocycles.